The third-order valence-electron chi connectivity index (χ3n) is 17.0. The molecule has 0 atom stereocenters. The number of hydrogen-bond donors (Lipinski definition) is 0. The van der Waals surface area contributed by atoms with E-state index in [1.807, 2.05) is 12.1 Å². The van der Waals surface area contributed by atoms with Crippen LogP contribution in [0.1, 0.15) is 145 Å². The molecule has 1 fully saturated rings. The summed E-state index contributed by atoms with van der Waals surface area (Å²) >= 11 is 0. The zero-order chi connectivity index (χ0) is 44.9. The number of carbonyl (C=O) groups is 1. The first kappa shape index (κ1) is 37.4. The van der Waals surface area contributed by atoms with Gasteiger partial charge in [-0.3, -0.25) is 4.79 Å². The van der Waals surface area contributed by atoms with Crippen LogP contribution in [0.5, 0.6) is 0 Å². The van der Waals surface area contributed by atoms with Crippen molar-refractivity contribution >= 4 is 82.0 Å². The maximum absolute atomic E-state index is 17.0. The zero-order valence-electron chi connectivity index (χ0n) is 37.8. The summed E-state index contributed by atoms with van der Waals surface area (Å²) in [5.74, 6) is -0.631. The Bertz CT molecular complexity index is 4110. The first-order valence-electron chi connectivity index (χ1n) is 23.6. The van der Waals surface area contributed by atoms with Crippen molar-refractivity contribution in [3.8, 4) is 6.07 Å². The quantitative estimate of drug-likeness (QED) is 0.152. The number of halogens is 2. The molecule has 11 aromatic rings. The minimum absolute atomic E-state index is 0.0118. The Hall–Kier alpha value is -6.84. The topological polar surface area (TPSA) is 49.7 Å². The maximum atomic E-state index is 17.0. The number of alkyl halides is 2. The molecule has 4 heterocycles. The molecule has 6 aliphatic carbocycles. The molecule has 320 valence electrons. The average molecular weight is 862 g/mol. The van der Waals surface area contributed by atoms with E-state index < -0.39 is 17.1 Å². The number of Topliss-reactive ketones (excluding diaryl/α,β-unsaturated/α-hetero) is 1. The standard InChI is InChI=1S/C60H45F2N3O/c1-57(2,3)30-20-39-36-24-44-42(56(66)60(62)17-15-59(44,61)16-18-60)27-47(36)64-45-25-38-41-22-31(58(4,5)6)23-43-52-48(65(55(41)43)46(38)26-37(45)40(21-30)54(39)64)19-29(28-63)49-50-32-11-7-9-13-34(32)51(53(49)52)35-14-10-8-12-33(35)50/h7-14,19-27,50-51H,15-18H2,1-6H3. The van der Waals surface area contributed by atoms with Crippen LogP contribution in [0.2, 0.25) is 0 Å². The number of ketones is 1. The summed E-state index contributed by atoms with van der Waals surface area (Å²) in [6, 6.07) is 40.3. The highest BCUT2D eigenvalue weighted by Crippen LogP contribution is 2.60. The van der Waals surface area contributed by atoms with Crippen molar-refractivity contribution in [3.05, 3.63) is 164 Å². The summed E-state index contributed by atoms with van der Waals surface area (Å²) in [7, 11) is 0. The summed E-state index contributed by atoms with van der Waals surface area (Å²) in [5.41, 5.74) is 13.2. The SMILES string of the molecule is CC(C)(C)c1cc2c3cc4c(cc3n3c5cc6c7cc(C(C)(C)C)cc8c9c%10c(c(C#N)cc9n(c6cc5c(c1)c23)c78)C1c2ccccc2C%10c2ccccc21)C(=O)C1(F)CCC4(F)CC1. The Labute approximate surface area is 379 Å². The summed E-state index contributed by atoms with van der Waals surface area (Å²) in [6.07, 6.45) is -0.156. The molecular weight excluding hydrogens is 817 g/mol. The molecular formula is C60H45F2N3O. The van der Waals surface area contributed by atoms with Gasteiger partial charge in [-0.05, 0) is 136 Å². The molecule has 66 heavy (non-hydrogen) atoms. The van der Waals surface area contributed by atoms with Gasteiger partial charge < -0.3 is 8.80 Å². The van der Waals surface area contributed by atoms with Crippen LogP contribution in [0, 0.1) is 11.3 Å². The van der Waals surface area contributed by atoms with E-state index in [1.165, 1.54) is 44.2 Å². The van der Waals surface area contributed by atoms with Gasteiger partial charge >= 0.3 is 0 Å². The van der Waals surface area contributed by atoms with E-state index in [4.69, 9.17) is 0 Å². The normalized spacial score (nSPS) is 22.4. The Morgan fingerprint density at radius 2 is 0.985 bits per heavy atom. The molecule has 0 saturated heterocycles. The molecule has 4 aromatic heterocycles. The third-order valence-corrected chi connectivity index (χ3v) is 17.0. The smallest absolute Gasteiger partial charge is 0.200 e. The van der Waals surface area contributed by atoms with E-state index in [0.717, 1.165) is 82.1 Å². The van der Waals surface area contributed by atoms with Gasteiger partial charge in [0.1, 0.15) is 5.67 Å². The van der Waals surface area contributed by atoms with E-state index in [0.29, 0.717) is 5.56 Å². The number of nitriles is 1. The molecule has 0 radical (unpaired) electrons. The monoisotopic (exact) mass is 861 g/mol. The summed E-state index contributed by atoms with van der Waals surface area (Å²) in [6.45, 7) is 13.5. The molecule has 1 saturated carbocycles. The van der Waals surface area contributed by atoms with Crippen LogP contribution in [0.3, 0.4) is 0 Å². The number of carbonyl (C=O) groups excluding carboxylic acids is 1. The summed E-state index contributed by atoms with van der Waals surface area (Å²) < 4.78 is 38.2. The Morgan fingerprint density at radius 3 is 1.50 bits per heavy atom. The van der Waals surface area contributed by atoms with E-state index in [2.05, 4.69) is 147 Å². The van der Waals surface area contributed by atoms with Crippen LogP contribution in [-0.2, 0) is 16.5 Å². The molecule has 4 bridgehead atoms. The van der Waals surface area contributed by atoms with Gasteiger partial charge in [0.25, 0.3) is 0 Å². The van der Waals surface area contributed by atoms with Gasteiger partial charge in [-0.15, -0.1) is 0 Å². The second kappa shape index (κ2) is 11.4. The number of fused-ring (bicyclic) bond motifs is 14. The second-order valence-corrected chi connectivity index (χ2v) is 22.5. The van der Waals surface area contributed by atoms with E-state index in [-0.39, 0.29) is 53.9 Å². The van der Waals surface area contributed by atoms with Crippen molar-refractivity contribution < 1.29 is 13.6 Å². The number of rotatable bonds is 0. The Balaban J connectivity index is 1.12. The molecule has 0 aliphatic heterocycles. The number of benzene rings is 7. The number of hydrogen-bond acceptors (Lipinski definition) is 2. The van der Waals surface area contributed by atoms with E-state index in [9.17, 15) is 10.1 Å². The van der Waals surface area contributed by atoms with Crippen LogP contribution in [0.4, 0.5) is 8.78 Å². The lowest BCUT2D eigenvalue weighted by Crippen LogP contribution is -2.37. The lowest BCUT2D eigenvalue weighted by Gasteiger charge is -2.43. The summed E-state index contributed by atoms with van der Waals surface area (Å²) in [4.78, 5) is 14.2. The lowest BCUT2D eigenvalue weighted by molar-refractivity contribution is 0.0233. The van der Waals surface area contributed by atoms with E-state index >= 15 is 8.78 Å². The predicted octanol–water partition coefficient (Wildman–Crippen LogP) is 15.1. The molecule has 0 amide bonds. The van der Waals surface area contributed by atoms with Crippen LogP contribution in [-0.4, -0.2) is 20.3 Å². The van der Waals surface area contributed by atoms with Gasteiger partial charge in [0.15, 0.2) is 11.5 Å². The first-order valence-corrected chi connectivity index (χ1v) is 23.6. The number of aromatic nitrogens is 2. The van der Waals surface area contributed by atoms with Gasteiger partial charge in [0, 0.05) is 66.1 Å². The zero-order valence-corrected chi connectivity index (χ0v) is 37.8. The van der Waals surface area contributed by atoms with Crippen LogP contribution < -0.4 is 0 Å². The molecule has 0 N–H and O–H groups in total. The van der Waals surface area contributed by atoms with Crippen molar-refractivity contribution in [1.82, 2.24) is 8.80 Å². The Morgan fingerprint density at radius 1 is 0.545 bits per heavy atom. The fourth-order valence-corrected chi connectivity index (χ4v) is 13.8. The largest absolute Gasteiger partial charge is 0.308 e. The van der Waals surface area contributed by atoms with Gasteiger partial charge in [0.05, 0.1) is 44.7 Å². The molecule has 6 heteroatoms. The maximum Gasteiger partial charge on any atom is 0.200 e. The second-order valence-electron chi connectivity index (χ2n) is 22.5. The van der Waals surface area contributed by atoms with E-state index in [1.54, 1.807) is 0 Å². The van der Waals surface area contributed by atoms with Crippen LogP contribution in [0.15, 0.2) is 103 Å². The fourth-order valence-electron chi connectivity index (χ4n) is 13.8. The number of nitrogens with zero attached hydrogens (tertiary/aromatic N) is 3. The molecule has 17 rings (SSSR count). The van der Waals surface area contributed by atoms with Crippen molar-refractivity contribution in [2.45, 2.75) is 101 Å². The molecule has 6 aliphatic rings. The highest BCUT2D eigenvalue weighted by Gasteiger charge is 2.54. The molecule has 0 spiro atoms. The molecule has 0 unspecified atom stereocenters. The van der Waals surface area contributed by atoms with Crippen LogP contribution in [0.25, 0.3) is 76.2 Å². The van der Waals surface area contributed by atoms with Gasteiger partial charge in [-0.25, -0.2) is 8.78 Å². The van der Waals surface area contributed by atoms with Gasteiger partial charge in [0.2, 0.25) is 0 Å². The Kier molecular flexibility index (Phi) is 6.45. The average Bonchev–Trinajstić information content (AvgIpc) is 4.00. The lowest BCUT2D eigenvalue weighted by atomic mass is 9.59. The van der Waals surface area contributed by atoms with Crippen molar-refractivity contribution in [2.24, 2.45) is 0 Å². The predicted molar refractivity (Wildman–Crippen MR) is 262 cm³/mol. The third kappa shape index (κ3) is 4.20. The highest BCUT2D eigenvalue weighted by atomic mass is 19.1. The van der Waals surface area contributed by atoms with Crippen molar-refractivity contribution in [1.29, 1.82) is 5.26 Å². The van der Waals surface area contributed by atoms with Crippen LogP contribution >= 0.6 is 0 Å². The minimum Gasteiger partial charge on any atom is -0.308 e. The fraction of sp³-hybridized carbons (Fsp3) is 0.267. The first-order chi connectivity index (χ1) is 31.6. The highest BCUT2D eigenvalue weighted by molar-refractivity contribution is 6.30. The molecule has 4 nitrogen and oxygen atoms in total. The summed E-state index contributed by atoms with van der Waals surface area (Å²) in [5, 5.41) is 19.9. The minimum atomic E-state index is -2.05. The van der Waals surface area contributed by atoms with Gasteiger partial charge in [-0.1, -0.05) is 90.1 Å². The molecule has 7 aromatic carbocycles. The van der Waals surface area contributed by atoms with Gasteiger partial charge in [-0.2, -0.15) is 5.26 Å². The van der Waals surface area contributed by atoms with Crippen molar-refractivity contribution in [3.63, 3.8) is 0 Å². The van der Waals surface area contributed by atoms with Crippen molar-refractivity contribution in [2.75, 3.05) is 0 Å².